The fourth-order valence-corrected chi connectivity index (χ4v) is 2.29. The van der Waals surface area contributed by atoms with E-state index in [9.17, 15) is 9.59 Å². The number of nitrogens with one attached hydrogen (secondary N) is 1. The molecule has 0 aliphatic carbocycles. The Bertz CT molecular complexity index is 430. The third-order valence-corrected chi connectivity index (χ3v) is 3.26. The van der Waals surface area contributed by atoms with Crippen LogP contribution in [0.1, 0.15) is 18.6 Å². The standard InChI is InChI=1S/C13H18N2O4/c16-12(17)8-10-4-6-15(9-10)13(18)14-5-3-11-2-1-7-19-11/h1-2,7,10H,3-6,8-9H2,(H,14,18)(H,16,17). The largest absolute Gasteiger partial charge is 0.481 e. The van der Waals surface area contributed by atoms with Gasteiger partial charge >= 0.3 is 12.0 Å². The van der Waals surface area contributed by atoms with Crippen LogP contribution in [0.25, 0.3) is 0 Å². The first-order valence-corrected chi connectivity index (χ1v) is 6.42. The molecule has 1 saturated heterocycles. The number of carbonyl (C=O) groups is 2. The molecule has 6 nitrogen and oxygen atoms in total. The number of carboxylic acid groups (broad SMARTS) is 1. The fourth-order valence-electron chi connectivity index (χ4n) is 2.29. The molecule has 2 heterocycles. The van der Waals surface area contributed by atoms with Crippen LogP contribution in [0.15, 0.2) is 22.8 Å². The van der Waals surface area contributed by atoms with Crippen LogP contribution < -0.4 is 5.32 Å². The lowest BCUT2D eigenvalue weighted by molar-refractivity contribution is -0.138. The Kier molecular flexibility index (Phi) is 4.43. The first kappa shape index (κ1) is 13.5. The number of nitrogens with zero attached hydrogens (tertiary/aromatic N) is 1. The highest BCUT2D eigenvalue weighted by molar-refractivity contribution is 5.74. The van der Waals surface area contributed by atoms with E-state index in [-0.39, 0.29) is 18.4 Å². The third kappa shape index (κ3) is 4.01. The minimum absolute atomic E-state index is 0.0772. The van der Waals surface area contributed by atoms with Gasteiger partial charge in [-0.25, -0.2) is 4.79 Å². The summed E-state index contributed by atoms with van der Waals surface area (Å²) in [6.07, 6.45) is 3.16. The second-order valence-corrected chi connectivity index (χ2v) is 4.76. The Balaban J connectivity index is 1.68. The average molecular weight is 266 g/mol. The van der Waals surface area contributed by atoms with Gasteiger partial charge in [0.15, 0.2) is 0 Å². The Hall–Kier alpha value is -1.98. The molecule has 1 atom stereocenters. The van der Waals surface area contributed by atoms with Crippen molar-refractivity contribution in [3.05, 3.63) is 24.2 Å². The number of carbonyl (C=O) groups excluding carboxylic acids is 1. The van der Waals surface area contributed by atoms with E-state index in [2.05, 4.69) is 5.32 Å². The van der Waals surface area contributed by atoms with E-state index >= 15 is 0 Å². The molecule has 1 aliphatic heterocycles. The zero-order chi connectivity index (χ0) is 13.7. The van der Waals surface area contributed by atoms with E-state index in [1.807, 2.05) is 12.1 Å². The van der Waals surface area contributed by atoms with Crippen LogP contribution in [0.3, 0.4) is 0 Å². The van der Waals surface area contributed by atoms with E-state index in [0.717, 1.165) is 12.2 Å². The molecule has 0 saturated carbocycles. The molecule has 2 rings (SSSR count). The second kappa shape index (κ2) is 6.26. The number of amides is 2. The lowest BCUT2D eigenvalue weighted by Gasteiger charge is -2.16. The van der Waals surface area contributed by atoms with Crippen LogP contribution in [0.5, 0.6) is 0 Å². The molecule has 1 aromatic heterocycles. The summed E-state index contributed by atoms with van der Waals surface area (Å²) in [5.41, 5.74) is 0. The van der Waals surface area contributed by atoms with Gasteiger partial charge in [0, 0.05) is 32.5 Å². The predicted molar refractivity (Wildman–Crippen MR) is 67.7 cm³/mol. The van der Waals surface area contributed by atoms with Crippen LogP contribution in [0.2, 0.25) is 0 Å². The first-order valence-electron chi connectivity index (χ1n) is 6.42. The van der Waals surface area contributed by atoms with Crippen molar-refractivity contribution in [1.82, 2.24) is 10.2 Å². The summed E-state index contributed by atoms with van der Waals surface area (Å²) >= 11 is 0. The SMILES string of the molecule is O=C(O)CC1CCN(C(=O)NCCc2ccco2)C1. The Morgan fingerprint density at radius 3 is 3.05 bits per heavy atom. The number of likely N-dealkylation sites (tertiary alicyclic amines) is 1. The summed E-state index contributed by atoms with van der Waals surface area (Å²) in [7, 11) is 0. The second-order valence-electron chi connectivity index (χ2n) is 4.76. The van der Waals surface area contributed by atoms with Crippen molar-refractivity contribution in [1.29, 1.82) is 0 Å². The van der Waals surface area contributed by atoms with Gasteiger partial charge in [-0.1, -0.05) is 0 Å². The Labute approximate surface area is 111 Å². The van der Waals surface area contributed by atoms with Crippen molar-refractivity contribution >= 4 is 12.0 Å². The number of carboxylic acids is 1. The van der Waals surface area contributed by atoms with Crippen molar-refractivity contribution in [3.8, 4) is 0 Å². The summed E-state index contributed by atoms with van der Waals surface area (Å²) in [5.74, 6) is 0.115. The van der Waals surface area contributed by atoms with Gasteiger partial charge in [-0.3, -0.25) is 4.79 Å². The molecule has 0 radical (unpaired) electrons. The van der Waals surface area contributed by atoms with E-state index in [1.54, 1.807) is 11.2 Å². The van der Waals surface area contributed by atoms with Gasteiger partial charge in [0.1, 0.15) is 5.76 Å². The number of urea groups is 1. The van der Waals surface area contributed by atoms with Crippen molar-refractivity contribution in [2.75, 3.05) is 19.6 Å². The predicted octanol–water partition coefficient (Wildman–Crippen LogP) is 1.33. The molecule has 1 unspecified atom stereocenters. The van der Waals surface area contributed by atoms with Gasteiger partial charge in [-0.2, -0.15) is 0 Å². The zero-order valence-electron chi connectivity index (χ0n) is 10.7. The van der Waals surface area contributed by atoms with Crippen LogP contribution in [-0.2, 0) is 11.2 Å². The monoisotopic (exact) mass is 266 g/mol. The van der Waals surface area contributed by atoms with E-state index < -0.39 is 5.97 Å². The van der Waals surface area contributed by atoms with Crippen LogP contribution in [0.4, 0.5) is 4.79 Å². The summed E-state index contributed by atoms with van der Waals surface area (Å²) in [4.78, 5) is 24.1. The molecule has 0 spiro atoms. The first-order chi connectivity index (χ1) is 9.15. The van der Waals surface area contributed by atoms with Gasteiger partial charge in [0.25, 0.3) is 0 Å². The normalized spacial score (nSPS) is 18.5. The molecule has 104 valence electrons. The molecule has 0 bridgehead atoms. The van der Waals surface area contributed by atoms with Gasteiger partial charge in [0.2, 0.25) is 0 Å². The number of rotatable bonds is 5. The maximum Gasteiger partial charge on any atom is 0.317 e. The van der Waals surface area contributed by atoms with Crippen molar-refractivity contribution in [3.63, 3.8) is 0 Å². The highest BCUT2D eigenvalue weighted by atomic mass is 16.4. The van der Waals surface area contributed by atoms with Crippen LogP contribution >= 0.6 is 0 Å². The molecular formula is C13H18N2O4. The summed E-state index contributed by atoms with van der Waals surface area (Å²) in [5, 5.41) is 11.5. The van der Waals surface area contributed by atoms with E-state index in [4.69, 9.17) is 9.52 Å². The topological polar surface area (TPSA) is 82.8 Å². The lowest BCUT2D eigenvalue weighted by Crippen LogP contribution is -2.39. The highest BCUT2D eigenvalue weighted by Crippen LogP contribution is 2.19. The fraction of sp³-hybridized carbons (Fsp3) is 0.538. The maximum atomic E-state index is 11.8. The molecule has 1 aromatic rings. The zero-order valence-corrected chi connectivity index (χ0v) is 10.7. The van der Waals surface area contributed by atoms with Gasteiger partial charge in [-0.05, 0) is 24.5 Å². The molecule has 1 fully saturated rings. The quantitative estimate of drug-likeness (QED) is 0.842. The van der Waals surface area contributed by atoms with Gasteiger partial charge < -0.3 is 19.7 Å². The summed E-state index contributed by atoms with van der Waals surface area (Å²) < 4.78 is 5.17. The number of furan rings is 1. The Morgan fingerprint density at radius 2 is 2.37 bits per heavy atom. The maximum absolute atomic E-state index is 11.8. The third-order valence-electron chi connectivity index (χ3n) is 3.26. The minimum atomic E-state index is -0.801. The molecule has 2 N–H and O–H groups in total. The number of hydrogen-bond acceptors (Lipinski definition) is 3. The van der Waals surface area contributed by atoms with Crippen molar-refractivity contribution < 1.29 is 19.1 Å². The van der Waals surface area contributed by atoms with Gasteiger partial charge in [0.05, 0.1) is 6.26 Å². The molecular weight excluding hydrogens is 248 g/mol. The van der Waals surface area contributed by atoms with Crippen molar-refractivity contribution in [2.24, 2.45) is 5.92 Å². The molecule has 19 heavy (non-hydrogen) atoms. The van der Waals surface area contributed by atoms with E-state index in [1.165, 1.54) is 0 Å². The molecule has 1 aliphatic rings. The summed E-state index contributed by atoms with van der Waals surface area (Å²) in [6.45, 7) is 1.68. The Morgan fingerprint density at radius 1 is 1.53 bits per heavy atom. The van der Waals surface area contributed by atoms with E-state index in [0.29, 0.717) is 26.1 Å². The minimum Gasteiger partial charge on any atom is -0.481 e. The smallest absolute Gasteiger partial charge is 0.317 e. The van der Waals surface area contributed by atoms with Crippen molar-refractivity contribution in [2.45, 2.75) is 19.3 Å². The van der Waals surface area contributed by atoms with Crippen LogP contribution in [-0.4, -0.2) is 41.6 Å². The lowest BCUT2D eigenvalue weighted by atomic mass is 10.1. The van der Waals surface area contributed by atoms with Crippen LogP contribution in [0, 0.1) is 5.92 Å². The summed E-state index contributed by atoms with van der Waals surface area (Å²) in [6, 6.07) is 3.55. The van der Waals surface area contributed by atoms with Gasteiger partial charge in [-0.15, -0.1) is 0 Å². The molecule has 0 aromatic carbocycles. The average Bonchev–Trinajstić information content (AvgIpc) is 2.99. The number of hydrogen-bond donors (Lipinski definition) is 2. The molecule has 6 heteroatoms. The molecule has 2 amide bonds. The highest BCUT2D eigenvalue weighted by Gasteiger charge is 2.27. The number of aliphatic carboxylic acids is 1.